The number of halogens is 3. The van der Waals surface area contributed by atoms with Gasteiger partial charge in [-0.1, -0.05) is 54.2 Å². The highest BCUT2D eigenvalue weighted by molar-refractivity contribution is 6.35. The van der Waals surface area contributed by atoms with Crippen LogP contribution in [0, 0.1) is 0 Å². The molecule has 3 aromatic rings. The Bertz CT molecular complexity index is 865. The van der Waals surface area contributed by atoms with Crippen LogP contribution in [-0.4, -0.2) is 9.55 Å². The van der Waals surface area contributed by atoms with Crippen molar-refractivity contribution in [2.45, 2.75) is 32.4 Å². The molecule has 0 saturated carbocycles. The van der Waals surface area contributed by atoms with Gasteiger partial charge in [0.25, 0.3) is 0 Å². The zero-order valence-corrected chi connectivity index (χ0v) is 16.6. The van der Waals surface area contributed by atoms with Gasteiger partial charge in [0.1, 0.15) is 12.4 Å². The van der Waals surface area contributed by atoms with Crippen molar-refractivity contribution in [3.63, 3.8) is 0 Å². The monoisotopic (exact) mass is 408 g/mol. The molecule has 1 atom stereocenters. The van der Waals surface area contributed by atoms with E-state index in [1.165, 1.54) is 0 Å². The fourth-order valence-electron chi connectivity index (χ4n) is 2.90. The third kappa shape index (κ3) is 4.53. The van der Waals surface area contributed by atoms with Gasteiger partial charge >= 0.3 is 0 Å². The standard InChI is InChI=1S/C20H19Cl3N2O/c1-2-3-19(25-9-8-24-13-25)17-10-15(21)6-7-20(17)26-12-14-4-5-16(22)11-18(14)23/h4-11,13,19H,2-3,12H2,1H3. The van der Waals surface area contributed by atoms with Crippen LogP contribution >= 0.6 is 34.8 Å². The van der Waals surface area contributed by atoms with E-state index >= 15 is 0 Å². The van der Waals surface area contributed by atoms with E-state index in [2.05, 4.69) is 16.5 Å². The lowest BCUT2D eigenvalue weighted by atomic mass is 10.0. The van der Waals surface area contributed by atoms with Gasteiger partial charge in [0.05, 0.1) is 12.4 Å². The van der Waals surface area contributed by atoms with Crippen LogP contribution in [0.25, 0.3) is 0 Å². The number of aromatic nitrogens is 2. The average molecular weight is 410 g/mol. The fourth-order valence-corrected chi connectivity index (χ4v) is 3.54. The van der Waals surface area contributed by atoms with Crippen molar-refractivity contribution in [3.05, 3.63) is 81.3 Å². The van der Waals surface area contributed by atoms with E-state index in [0.717, 1.165) is 29.7 Å². The van der Waals surface area contributed by atoms with Crippen molar-refractivity contribution >= 4 is 34.8 Å². The van der Waals surface area contributed by atoms with Crippen molar-refractivity contribution in [1.29, 1.82) is 0 Å². The molecule has 1 aromatic heterocycles. The number of ether oxygens (including phenoxy) is 1. The lowest BCUT2D eigenvalue weighted by Gasteiger charge is -2.22. The first-order valence-electron chi connectivity index (χ1n) is 8.42. The van der Waals surface area contributed by atoms with Gasteiger partial charge in [0.2, 0.25) is 0 Å². The van der Waals surface area contributed by atoms with Gasteiger partial charge in [-0.05, 0) is 36.8 Å². The second-order valence-corrected chi connectivity index (χ2v) is 7.30. The summed E-state index contributed by atoms with van der Waals surface area (Å²) in [6.45, 7) is 2.51. The molecule has 0 saturated heterocycles. The number of benzene rings is 2. The number of imidazole rings is 1. The van der Waals surface area contributed by atoms with Crippen LogP contribution in [0.2, 0.25) is 15.1 Å². The van der Waals surface area contributed by atoms with Crippen molar-refractivity contribution in [1.82, 2.24) is 9.55 Å². The van der Waals surface area contributed by atoms with Gasteiger partial charge in [-0.15, -0.1) is 0 Å². The summed E-state index contributed by atoms with van der Waals surface area (Å²) in [7, 11) is 0. The van der Waals surface area contributed by atoms with Crippen molar-refractivity contribution < 1.29 is 4.74 Å². The highest BCUT2D eigenvalue weighted by Crippen LogP contribution is 2.34. The van der Waals surface area contributed by atoms with E-state index in [1.54, 1.807) is 18.3 Å². The Morgan fingerprint density at radius 2 is 1.85 bits per heavy atom. The molecule has 0 aliphatic heterocycles. The molecular weight excluding hydrogens is 391 g/mol. The Hall–Kier alpha value is -1.68. The van der Waals surface area contributed by atoms with Crippen LogP contribution in [-0.2, 0) is 6.61 Å². The Balaban J connectivity index is 1.90. The minimum atomic E-state index is 0.108. The highest BCUT2D eigenvalue weighted by atomic mass is 35.5. The van der Waals surface area contributed by atoms with E-state index in [-0.39, 0.29) is 6.04 Å². The summed E-state index contributed by atoms with van der Waals surface area (Å²) in [5.41, 5.74) is 1.91. The average Bonchev–Trinajstić information content (AvgIpc) is 3.14. The predicted octanol–water partition coefficient (Wildman–Crippen LogP) is 6.81. The topological polar surface area (TPSA) is 27.1 Å². The molecule has 0 spiro atoms. The van der Waals surface area contributed by atoms with Crippen LogP contribution in [0.5, 0.6) is 5.75 Å². The van der Waals surface area contributed by atoms with Crippen molar-refractivity contribution in [2.75, 3.05) is 0 Å². The third-order valence-corrected chi connectivity index (χ3v) is 5.00. The molecule has 3 rings (SSSR count). The minimum Gasteiger partial charge on any atom is -0.488 e. The minimum absolute atomic E-state index is 0.108. The lowest BCUT2D eigenvalue weighted by molar-refractivity contribution is 0.298. The first-order valence-corrected chi connectivity index (χ1v) is 9.55. The quantitative estimate of drug-likeness (QED) is 0.428. The summed E-state index contributed by atoms with van der Waals surface area (Å²) >= 11 is 18.5. The largest absolute Gasteiger partial charge is 0.488 e. The SMILES string of the molecule is CCCC(c1cc(Cl)ccc1OCc1ccc(Cl)cc1Cl)n1ccnc1. The summed E-state index contributed by atoms with van der Waals surface area (Å²) in [6, 6.07) is 11.2. The Kier molecular flexibility index (Phi) is 6.47. The molecule has 3 nitrogen and oxygen atoms in total. The molecule has 1 unspecified atom stereocenters. The summed E-state index contributed by atoms with van der Waals surface area (Å²) < 4.78 is 8.18. The summed E-state index contributed by atoms with van der Waals surface area (Å²) in [5, 5.41) is 1.87. The zero-order chi connectivity index (χ0) is 18.5. The van der Waals surface area contributed by atoms with Gasteiger partial charge < -0.3 is 9.30 Å². The zero-order valence-electron chi connectivity index (χ0n) is 14.3. The second-order valence-electron chi connectivity index (χ2n) is 6.02. The number of rotatable bonds is 7. The molecular formula is C20H19Cl3N2O. The Morgan fingerprint density at radius 3 is 2.54 bits per heavy atom. The van der Waals surface area contributed by atoms with E-state index in [4.69, 9.17) is 39.5 Å². The predicted molar refractivity (Wildman–Crippen MR) is 108 cm³/mol. The molecule has 0 aliphatic carbocycles. The summed E-state index contributed by atoms with van der Waals surface area (Å²) in [4.78, 5) is 4.18. The van der Waals surface area contributed by atoms with Crippen LogP contribution in [0.1, 0.15) is 36.9 Å². The van der Waals surface area contributed by atoms with Gasteiger partial charge in [-0.25, -0.2) is 4.98 Å². The number of hydrogen-bond acceptors (Lipinski definition) is 2. The van der Waals surface area contributed by atoms with E-state index in [9.17, 15) is 0 Å². The molecule has 136 valence electrons. The molecule has 2 aromatic carbocycles. The van der Waals surface area contributed by atoms with Crippen LogP contribution in [0.4, 0.5) is 0 Å². The first-order chi connectivity index (χ1) is 12.6. The van der Waals surface area contributed by atoms with Crippen LogP contribution in [0.15, 0.2) is 55.1 Å². The molecule has 0 fully saturated rings. The third-order valence-electron chi connectivity index (χ3n) is 4.18. The molecule has 6 heteroatoms. The summed E-state index contributed by atoms with van der Waals surface area (Å²) in [5.74, 6) is 0.785. The summed E-state index contributed by atoms with van der Waals surface area (Å²) in [6.07, 6.45) is 7.54. The van der Waals surface area contributed by atoms with Crippen molar-refractivity contribution in [3.8, 4) is 5.75 Å². The molecule has 1 heterocycles. The van der Waals surface area contributed by atoms with Crippen LogP contribution in [0.3, 0.4) is 0 Å². The molecule has 0 amide bonds. The molecule has 0 bridgehead atoms. The van der Waals surface area contributed by atoms with Crippen LogP contribution < -0.4 is 4.74 Å². The normalized spacial score (nSPS) is 12.2. The molecule has 0 radical (unpaired) electrons. The Morgan fingerprint density at radius 1 is 1.08 bits per heavy atom. The maximum atomic E-state index is 6.27. The van der Waals surface area contributed by atoms with E-state index in [1.807, 2.05) is 36.8 Å². The molecule has 26 heavy (non-hydrogen) atoms. The van der Waals surface area contributed by atoms with Gasteiger partial charge in [-0.3, -0.25) is 0 Å². The maximum Gasteiger partial charge on any atom is 0.125 e. The van der Waals surface area contributed by atoms with Gasteiger partial charge in [0.15, 0.2) is 0 Å². The first kappa shape index (κ1) is 19.1. The number of nitrogens with zero attached hydrogens (tertiary/aromatic N) is 2. The van der Waals surface area contributed by atoms with Crippen molar-refractivity contribution in [2.24, 2.45) is 0 Å². The molecule has 0 aliphatic rings. The highest BCUT2D eigenvalue weighted by Gasteiger charge is 2.18. The number of hydrogen-bond donors (Lipinski definition) is 0. The van der Waals surface area contributed by atoms with E-state index < -0.39 is 0 Å². The van der Waals surface area contributed by atoms with Gasteiger partial charge in [0, 0.05) is 38.6 Å². The lowest BCUT2D eigenvalue weighted by Crippen LogP contribution is -2.11. The van der Waals surface area contributed by atoms with Gasteiger partial charge in [-0.2, -0.15) is 0 Å². The maximum absolute atomic E-state index is 6.27. The second kappa shape index (κ2) is 8.81. The fraction of sp³-hybridized carbons (Fsp3) is 0.250. The molecule has 0 N–H and O–H groups in total. The Labute approximate surface area is 168 Å². The smallest absolute Gasteiger partial charge is 0.125 e. The van der Waals surface area contributed by atoms with E-state index in [0.29, 0.717) is 21.7 Å².